The second-order valence-electron chi connectivity index (χ2n) is 4.87. The van der Waals surface area contributed by atoms with E-state index >= 15 is 0 Å². The van der Waals surface area contributed by atoms with E-state index in [-0.39, 0.29) is 5.60 Å². The van der Waals surface area contributed by atoms with Crippen molar-refractivity contribution >= 4 is 21.9 Å². The van der Waals surface area contributed by atoms with Crippen LogP contribution in [0.2, 0.25) is 0 Å². The van der Waals surface area contributed by atoms with Gasteiger partial charge in [-0.05, 0) is 33.1 Å². The molecule has 0 spiro atoms. The van der Waals surface area contributed by atoms with Crippen molar-refractivity contribution < 1.29 is 9.63 Å². The molecule has 0 amide bonds. The van der Waals surface area contributed by atoms with Crippen LogP contribution in [0.5, 0.6) is 0 Å². The van der Waals surface area contributed by atoms with Crippen LogP contribution in [0, 0.1) is 5.92 Å². The summed E-state index contributed by atoms with van der Waals surface area (Å²) < 4.78 is 0. The number of alkyl halides is 1. The van der Waals surface area contributed by atoms with Crippen molar-refractivity contribution in [1.29, 1.82) is 0 Å². The zero-order valence-electron chi connectivity index (χ0n) is 9.55. The van der Waals surface area contributed by atoms with Crippen molar-refractivity contribution in [3.05, 3.63) is 5.70 Å². The molecule has 1 heterocycles. The van der Waals surface area contributed by atoms with Gasteiger partial charge < -0.3 is 0 Å². The SMILES string of the molecule is CC(C)(C)ON1CCC(CBr)CC1=C=O. The second-order valence-corrected chi connectivity index (χ2v) is 5.52. The number of nitrogens with zero attached hydrogens (tertiary/aromatic N) is 1. The number of hydroxylamine groups is 2. The first kappa shape index (κ1) is 12.8. The van der Waals surface area contributed by atoms with Gasteiger partial charge in [0.05, 0.1) is 5.60 Å². The number of halogens is 1. The Balaban J connectivity index is 2.64. The zero-order valence-corrected chi connectivity index (χ0v) is 11.1. The predicted molar refractivity (Wildman–Crippen MR) is 63.3 cm³/mol. The minimum atomic E-state index is -0.261. The Hall–Kier alpha value is -0.310. The fourth-order valence-electron chi connectivity index (χ4n) is 1.57. The van der Waals surface area contributed by atoms with Gasteiger partial charge in [-0.1, -0.05) is 15.9 Å². The van der Waals surface area contributed by atoms with Crippen molar-refractivity contribution in [3.8, 4) is 0 Å². The van der Waals surface area contributed by atoms with Crippen LogP contribution in [0.25, 0.3) is 0 Å². The predicted octanol–water partition coefficient (Wildman–Crippen LogP) is 2.54. The smallest absolute Gasteiger partial charge is 0.148 e. The van der Waals surface area contributed by atoms with E-state index in [1.807, 2.05) is 26.7 Å². The molecule has 15 heavy (non-hydrogen) atoms. The Morgan fingerprint density at radius 1 is 1.60 bits per heavy atom. The van der Waals surface area contributed by atoms with E-state index in [4.69, 9.17) is 4.84 Å². The summed E-state index contributed by atoms with van der Waals surface area (Å²) in [6.07, 6.45) is 1.80. The van der Waals surface area contributed by atoms with Crippen LogP contribution in [0.3, 0.4) is 0 Å². The molecule has 0 aromatic rings. The fraction of sp³-hybridized carbons (Fsp3) is 0.818. The molecule has 1 rings (SSSR count). The molecule has 1 fully saturated rings. The first-order chi connectivity index (χ1) is 6.96. The molecule has 1 aliphatic rings. The Kier molecular flexibility index (Phi) is 4.38. The van der Waals surface area contributed by atoms with Gasteiger partial charge in [0, 0.05) is 18.3 Å². The van der Waals surface area contributed by atoms with E-state index in [1.165, 1.54) is 0 Å². The van der Waals surface area contributed by atoms with Crippen LogP contribution >= 0.6 is 15.9 Å². The summed E-state index contributed by atoms with van der Waals surface area (Å²) in [4.78, 5) is 16.5. The maximum Gasteiger partial charge on any atom is 0.148 e. The van der Waals surface area contributed by atoms with Crippen molar-refractivity contribution in [2.45, 2.75) is 39.2 Å². The van der Waals surface area contributed by atoms with E-state index in [0.29, 0.717) is 11.6 Å². The highest BCUT2D eigenvalue weighted by atomic mass is 79.9. The van der Waals surface area contributed by atoms with Crippen LogP contribution in [0.15, 0.2) is 5.70 Å². The highest BCUT2D eigenvalue weighted by Crippen LogP contribution is 2.27. The monoisotopic (exact) mass is 275 g/mol. The molecule has 0 bridgehead atoms. The first-order valence-corrected chi connectivity index (χ1v) is 6.35. The molecular formula is C11H18BrNO2. The number of hydrogen-bond donors (Lipinski definition) is 0. The van der Waals surface area contributed by atoms with Gasteiger partial charge >= 0.3 is 0 Å². The normalized spacial score (nSPS) is 22.8. The minimum absolute atomic E-state index is 0.261. The van der Waals surface area contributed by atoms with Gasteiger partial charge in [0.25, 0.3) is 0 Å². The van der Waals surface area contributed by atoms with E-state index < -0.39 is 0 Å². The molecule has 86 valence electrons. The third-order valence-corrected chi connectivity index (χ3v) is 3.16. The molecule has 1 aliphatic heterocycles. The number of piperidine rings is 1. The van der Waals surface area contributed by atoms with E-state index in [0.717, 1.165) is 24.7 Å². The molecule has 1 atom stereocenters. The van der Waals surface area contributed by atoms with Gasteiger partial charge in [-0.2, -0.15) is 0 Å². The van der Waals surface area contributed by atoms with Gasteiger partial charge in [-0.15, -0.1) is 0 Å². The van der Waals surface area contributed by atoms with Gasteiger partial charge in [0.15, 0.2) is 0 Å². The first-order valence-electron chi connectivity index (χ1n) is 5.23. The van der Waals surface area contributed by atoms with Gasteiger partial charge in [-0.3, -0.25) is 4.84 Å². The van der Waals surface area contributed by atoms with E-state index in [2.05, 4.69) is 15.9 Å². The summed E-state index contributed by atoms with van der Waals surface area (Å²) in [5.41, 5.74) is 0.379. The maximum absolute atomic E-state index is 10.8. The molecule has 0 saturated carbocycles. The molecular weight excluding hydrogens is 258 g/mol. The van der Waals surface area contributed by atoms with Gasteiger partial charge in [-0.25, -0.2) is 9.86 Å². The lowest BCUT2D eigenvalue weighted by atomic mass is 9.98. The Labute approximate surface area is 99.5 Å². The summed E-state index contributed by atoms with van der Waals surface area (Å²) in [6.45, 7) is 6.71. The van der Waals surface area contributed by atoms with Crippen molar-refractivity contribution in [3.63, 3.8) is 0 Å². The van der Waals surface area contributed by atoms with Crippen molar-refractivity contribution in [2.75, 3.05) is 11.9 Å². The Bertz CT molecular complexity index is 266. The average Bonchev–Trinajstić information content (AvgIpc) is 2.16. The fourth-order valence-corrected chi connectivity index (χ4v) is 2.12. The highest BCUT2D eigenvalue weighted by molar-refractivity contribution is 9.09. The lowest BCUT2D eigenvalue weighted by Gasteiger charge is -2.36. The third-order valence-electron chi connectivity index (χ3n) is 2.24. The average molecular weight is 276 g/mol. The van der Waals surface area contributed by atoms with E-state index in [9.17, 15) is 4.79 Å². The number of rotatable bonds is 2. The second kappa shape index (κ2) is 5.15. The van der Waals surface area contributed by atoms with Gasteiger partial charge in [0.1, 0.15) is 11.6 Å². The molecule has 1 saturated heterocycles. The molecule has 1 unspecified atom stereocenters. The summed E-state index contributed by atoms with van der Waals surface area (Å²) in [5, 5.41) is 2.63. The number of hydrogen-bond acceptors (Lipinski definition) is 3. The Morgan fingerprint density at radius 2 is 2.27 bits per heavy atom. The molecule has 0 aromatic heterocycles. The summed E-state index contributed by atoms with van der Waals surface area (Å²) in [5.74, 6) is 2.52. The lowest BCUT2D eigenvalue weighted by Crippen LogP contribution is -2.38. The third kappa shape index (κ3) is 3.98. The van der Waals surface area contributed by atoms with Crippen molar-refractivity contribution in [1.82, 2.24) is 5.06 Å². The van der Waals surface area contributed by atoms with Crippen LogP contribution < -0.4 is 0 Å². The molecule has 0 radical (unpaired) electrons. The van der Waals surface area contributed by atoms with Crippen molar-refractivity contribution in [2.24, 2.45) is 5.92 Å². The molecule has 0 aliphatic carbocycles. The van der Waals surface area contributed by atoms with Crippen LogP contribution in [0.4, 0.5) is 0 Å². The lowest BCUT2D eigenvalue weighted by molar-refractivity contribution is -0.215. The van der Waals surface area contributed by atoms with E-state index in [1.54, 1.807) is 5.06 Å². The van der Waals surface area contributed by atoms with Crippen LogP contribution in [-0.2, 0) is 9.63 Å². The largest absolute Gasteiger partial charge is 0.267 e. The standard InChI is InChI=1S/C11H18BrNO2/c1-11(2,3)15-13-5-4-9(7-12)6-10(13)8-14/h9H,4-7H2,1-3H3. The van der Waals surface area contributed by atoms with Gasteiger partial charge in [0.2, 0.25) is 0 Å². The topological polar surface area (TPSA) is 29.5 Å². The van der Waals surface area contributed by atoms with Crippen LogP contribution in [0.1, 0.15) is 33.6 Å². The summed E-state index contributed by atoms with van der Waals surface area (Å²) in [6, 6.07) is 0. The summed E-state index contributed by atoms with van der Waals surface area (Å²) >= 11 is 3.45. The minimum Gasteiger partial charge on any atom is -0.267 e. The number of allylic oxidation sites excluding steroid dienone is 1. The molecule has 3 nitrogen and oxygen atoms in total. The summed E-state index contributed by atoms with van der Waals surface area (Å²) in [7, 11) is 0. The van der Waals surface area contributed by atoms with Crippen LogP contribution in [-0.4, -0.2) is 28.5 Å². The highest BCUT2D eigenvalue weighted by Gasteiger charge is 2.27. The molecule has 0 aromatic carbocycles. The maximum atomic E-state index is 10.8. The zero-order chi connectivity index (χ0) is 11.5. The molecule has 0 N–H and O–H groups in total. The Morgan fingerprint density at radius 3 is 2.73 bits per heavy atom. The quantitative estimate of drug-likeness (QED) is 0.573. The number of carbonyl (C=O) groups excluding carboxylic acids is 1. The molecule has 4 heteroatoms.